The Morgan fingerprint density at radius 1 is 1.09 bits per heavy atom. The standard InChI is InChI=1S/C25H27N3O6/c1-25(2,3)21(22(30)28-19(23(31)32)12-20(29)27-28)26-24(33)34-13-18-16-10-6-4-8-14(16)15-9-5-7-11-17(15)18/h4-11,18-19,21H,12-13H2,1-3H3,(H,26,33)(H,27,29)(H,31,32). The predicted molar refractivity (Wildman–Crippen MR) is 122 cm³/mol. The van der Waals surface area contributed by atoms with E-state index in [1.165, 1.54) is 0 Å². The fourth-order valence-electron chi connectivity index (χ4n) is 4.48. The second kappa shape index (κ2) is 8.81. The molecule has 2 aromatic rings. The van der Waals surface area contributed by atoms with Crippen LogP contribution in [0.25, 0.3) is 11.1 Å². The van der Waals surface area contributed by atoms with Crippen molar-refractivity contribution in [3.8, 4) is 11.1 Å². The number of aliphatic carboxylic acids is 1. The summed E-state index contributed by atoms with van der Waals surface area (Å²) in [6.45, 7) is 5.26. The van der Waals surface area contributed by atoms with E-state index < -0.39 is 41.4 Å². The van der Waals surface area contributed by atoms with Crippen molar-refractivity contribution in [2.75, 3.05) is 6.61 Å². The Balaban J connectivity index is 1.48. The van der Waals surface area contributed by atoms with Gasteiger partial charge in [0.1, 0.15) is 12.6 Å². The van der Waals surface area contributed by atoms with Gasteiger partial charge in [0, 0.05) is 5.92 Å². The van der Waals surface area contributed by atoms with Crippen molar-refractivity contribution in [1.29, 1.82) is 0 Å². The molecule has 9 nitrogen and oxygen atoms in total. The second-order valence-electron chi connectivity index (χ2n) is 9.57. The molecule has 0 saturated carbocycles. The number of carboxylic acids is 1. The maximum Gasteiger partial charge on any atom is 0.407 e. The Kier molecular flexibility index (Phi) is 6.03. The van der Waals surface area contributed by atoms with E-state index in [0.29, 0.717) is 0 Å². The molecule has 4 rings (SSSR count). The highest BCUT2D eigenvalue weighted by Gasteiger charge is 2.45. The molecular weight excluding hydrogens is 438 g/mol. The van der Waals surface area contributed by atoms with Crippen LogP contribution in [0.1, 0.15) is 44.2 Å². The third-order valence-corrected chi connectivity index (χ3v) is 6.18. The summed E-state index contributed by atoms with van der Waals surface area (Å²) >= 11 is 0. The van der Waals surface area contributed by atoms with E-state index in [9.17, 15) is 24.3 Å². The molecule has 2 unspecified atom stereocenters. The molecule has 2 aliphatic rings. The number of ether oxygens (including phenoxy) is 1. The summed E-state index contributed by atoms with van der Waals surface area (Å²) < 4.78 is 5.55. The third-order valence-electron chi connectivity index (χ3n) is 6.18. The van der Waals surface area contributed by atoms with Crippen LogP contribution in [0.5, 0.6) is 0 Å². The molecule has 1 aliphatic carbocycles. The number of amides is 3. The van der Waals surface area contributed by atoms with Gasteiger partial charge in [-0.15, -0.1) is 0 Å². The molecule has 1 saturated heterocycles. The molecule has 1 aliphatic heterocycles. The number of fused-ring (bicyclic) bond motifs is 3. The second-order valence-corrected chi connectivity index (χ2v) is 9.57. The molecule has 1 heterocycles. The van der Waals surface area contributed by atoms with Gasteiger partial charge in [0.25, 0.3) is 5.91 Å². The minimum absolute atomic E-state index is 0.0725. The van der Waals surface area contributed by atoms with Crippen LogP contribution in [0.4, 0.5) is 4.79 Å². The summed E-state index contributed by atoms with van der Waals surface area (Å²) in [6.07, 6.45) is -1.14. The molecule has 34 heavy (non-hydrogen) atoms. The summed E-state index contributed by atoms with van der Waals surface area (Å²) in [4.78, 5) is 49.2. The van der Waals surface area contributed by atoms with Crippen molar-refractivity contribution in [2.24, 2.45) is 5.41 Å². The molecular formula is C25H27N3O6. The molecule has 9 heteroatoms. The average Bonchev–Trinajstić information content (AvgIpc) is 3.33. The van der Waals surface area contributed by atoms with E-state index >= 15 is 0 Å². The van der Waals surface area contributed by atoms with Crippen LogP contribution >= 0.6 is 0 Å². The Bertz CT molecular complexity index is 1110. The van der Waals surface area contributed by atoms with Crippen molar-refractivity contribution in [3.05, 3.63) is 59.7 Å². The molecule has 0 bridgehead atoms. The molecule has 3 amide bonds. The molecule has 2 aromatic carbocycles. The Morgan fingerprint density at radius 3 is 2.18 bits per heavy atom. The molecule has 0 aromatic heterocycles. The molecule has 178 valence electrons. The molecule has 3 N–H and O–H groups in total. The maximum absolute atomic E-state index is 13.2. The van der Waals surface area contributed by atoms with E-state index in [0.717, 1.165) is 27.3 Å². The first-order valence-corrected chi connectivity index (χ1v) is 11.0. The van der Waals surface area contributed by atoms with Crippen LogP contribution in [-0.4, -0.2) is 52.7 Å². The predicted octanol–water partition coefficient (Wildman–Crippen LogP) is 2.66. The van der Waals surface area contributed by atoms with Crippen molar-refractivity contribution in [2.45, 2.75) is 45.2 Å². The van der Waals surface area contributed by atoms with E-state index in [4.69, 9.17) is 4.74 Å². The lowest BCUT2D eigenvalue weighted by atomic mass is 9.86. The lowest BCUT2D eigenvalue weighted by Crippen LogP contribution is -2.59. The van der Waals surface area contributed by atoms with Gasteiger partial charge in [-0.2, -0.15) is 0 Å². The van der Waals surface area contributed by atoms with Crippen molar-refractivity contribution < 1.29 is 29.0 Å². The first-order valence-electron chi connectivity index (χ1n) is 11.0. The quantitative estimate of drug-likeness (QED) is 0.624. The number of rotatable bonds is 5. The van der Waals surface area contributed by atoms with Crippen LogP contribution in [0.2, 0.25) is 0 Å². The van der Waals surface area contributed by atoms with Crippen LogP contribution in [0.15, 0.2) is 48.5 Å². The fraction of sp³-hybridized carbons (Fsp3) is 0.360. The zero-order chi connectivity index (χ0) is 24.6. The normalized spacial score (nSPS) is 18.0. The Labute approximate surface area is 197 Å². The van der Waals surface area contributed by atoms with Gasteiger partial charge < -0.3 is 15.2 Å². The van der Waals surface area contributed by atoms with E-state index in [2.05, 4.69) is 10.7 Å². The van der Waals surface area contributed by atoms with E-state index in [-0.39, 0.29) is 18.9 Å². The number of carbonyl (C=O) groups excluding carboxylic acids is 3. The zero-order valence-corrected chi connectivity index (χ0v) is 19.2. The first-order chi connectivity index (χ1) is 16.1. The number of hydrogen-bond acceptors (Lipinski definition) is 5. The number of nitrogens with one attached hydrogen (secondary N) is 2. The fourth-order valence-corrected chi connectivity index (χ4v) is 4.48. The lowest BCUT2D eigenvalue weighted by molar-refractivity contribution is -0.152. The SMILES string of the molecule is CC(C)(C)C(NC(=O)OCC1c2ccccc2-c2ccccc21)C(=O)N1NC(=O)CC1C(=O)O. The summed E-state index contributed by atoms with van der Waals surface area (Å²) in [5.74, 6) is -2.74. The Morgan fingerprint density at radius 2 is 1.65 bits per heavy atom. The van der Waals surface area contributed by atoms with Gasteiger partial charge in [-0.05, 0) is 27.7 Å². The highest BCUT2D eigenvalue weighted by atomic mass is 16.5. The topological polar surface area (TPSA) is 125 Å². The Hall–Kier alpha value is -3.88. The van der Waals surface area contributed by atoms with Gasteiger partial charge >= 0.3 is 12.1 Å². The number of hydrazine groups is 1. The monoisotopic (exact) mass is 465 g/mol. The first kappa shape index (κ1) is 23.3. The number of benzene rings is 2. The van der Waals surface area contributed by atoms with Gasteiger partial charge in [0.05, 0.1) is 6.42 Å². The summed E-state index contributed by atoms with van der Waals surface area (Å²) in [6, 6.07) is 13.4. The van der Waals surface area contributed by atoms with Gasteiger partial charge in [-0.1, -0.05) is 69.3 Å². The minimum Gasteiger partial charge on any atom is -0.480 e. The lowest BCUT2D eigenvalue weighted by Gasteiger charge is -2.34. The van der Waals surface area contributed by atoms with E-state index in [1.54, 1.807) is 20.8 Å². The zero-order valence-electron chi connectivity index (χ0n) is 19.2. The minimum atomic E-state index is -1.34. The molecule has 0 radical (unpaired) electrons. The summed E-state index contributed by atoms with van der Waals surface area (Å²) in [5.41, 5.74) is 5.81. The third kappa shape index (κ3) is 4.33. The van der Waals surface area contributed by atoms with Gasteiger partial charge in [0.2, 0.25) is 5.91 Å². The molecule has 2 atom stereocenters. The maximum atomic E-state index is 13.2. The highest BCUT2D eigenvalue weighted by Crippen LogP contribution is 2.44. The smallest absolute Gasteiger partial charge is 0.407 e. The van der Waals surface area contributed by atoms with E-state index in [1.807, 2.05) is 48.5 Å². The van der Waals surface area contributed by atoms with Crippen LogP contribution in [0.3, 0.4) is 0 Å². The number of hydrogen-bond donors (Lipinski definition) is 3. The molecule has 1 fully saturated rings. The number of nitrogens with zero attached hydrogens (tertiary/aromatic N) is 1. The number of carbonyl (C=O) groups is 4. The highest BCUT2D eigenvalue weighted by molar-refractivity contribution is 5.96. The number of carboxylic acid groups (broad SMARTS) is 1. The average molecular weight is 466 g/mol. The van der Waals surface area contributed by atoms with Gasteiger partial charge in [-0.3, -0.25) is 15.0 Å². The van der Waals surface area contributed by atoms with Gasteiger partial charge in [-0.25, -0.2) is 14.6 Å². The van der Waals surface area contributed by atoms with Crippen molar-refractivity contribution >= 4 is 23.9 Å². The summed E-state index contributed by atoms with van der Waals surface area (Å²) in [5, 5.41) is 12.7. The van der Waals surface area contributed by atoms with Gasteiger partial charge in [0.15, 0.2) is 6.04 Å². The van der Waals surface area contributed by atoms with Crippen LogP contribution in [0, 0.1) is 5.41 Å². The largest absolute Gasteiger partial charge is 0.480 e. The summed E-state index contributed by atoms with van der Waals surface area (Å²) in [7, 11) is 0. The van der Waals surface area contributed by atoms with Crippen molar-refractivity contribution in [1.82, 2.24) is 15.8 Å². The molecule has 0 spiro atoms. The van der Waals surface area contributed by atoms with Crippen LogP contribution in [-0.2, 0) is 19.1 Å². The van der Waals surface area contributed by atoms with Crippen LogP contribution < -0.4 is 10.7 Å². The number of alkyl carbamates (subject to hydrolysis) is 1. The van der Waals surface area contributed by atoms with Crippen molar-refractivity contribution in [3.63, 3.8) is 0 Å².